The molecule has 0 aliphatic rings. The van der Waals surface area contributed by atoms with E-state index in [0.717, 1.165) is 19.4 Å². The van der Waals surface area contributed by atoms with Crippen LogP contribution in [0.1, 0.15) is 19.8 Å². The molecule has 0 aromatic carbocycles. The van der Waals surface area contributed by atoms with Crippen molar-refractivity contribution in [3.63, 3.8) is 0 Å². The maximum Gasteiger partial charge on any atom is 0.116 e. The third-order valence-corrected chi connectivity index (χ3v) is 1.04. The minimum atomic E-state index is 0.379. The monoisotopic (exact) mass is 141 g/mol. The Morgan fingerprint density at radius 1 is 1.70 bits per heavy atom. The number of nitrogens with zero attached hydrogens (tertiary/aromatic N) is 1. The number of rotatable bonds is 4. The summed E-state index contributed by atoms with van der Waals surface area (Å²) in [6.45, 7) is 2.69. The van der Waals surface area contributed by atoms with Crippen LogP contribution < -0.4 is 5.32 Å². The molecule has 0 bridgehead atoms. The molecule has 0 saturated carbocycles. The highest BCUT2D eigenvalue weighted by Crippen LogP contribution is 1.82. The topological polar surface area (TPSA) is 48.2 Å². The summed E-state index contributed by atoms with van der Waals surface area (Å²) in [5.41, 5.74) is 0. The number of nitrogens with one attached hydrogen (secondary N) is 2. The Hall–Kier alpha value is -0.700. The first-order chi connectivity index (χ1) is 4.77. The molecule has 0 atom stereocenters. The average molecular weight is 141 g/mol. The molecule has 3 nitrogen and oxygen atoms in total. The van der Waals surface area contributed by atoms with E-state index in [1.54, 1.807) is 13.1 Å². The van der Waals surface area contributed by atoms with E-state index in [1.165, 1.54) is 0 Å². The lowest BCUT2D eigenvalue weighted by atomic mass is 10.3. The molecule has 0 radical (unpaired) electrons. The number of hydrogen-bond donors (Lipinski definition) is 2. The SMILES string of the molecule is CNCCCC=NC(C)=N. The van der Waals surface area contributed by atoms with E-state index in [-0.39, 0.29) is 0 Å². The highest BCUT2D eigenvalue weighted by molar-refractivity contribution is 5.84. The van der Waals surface area contributed by atoms with Gasteiger partial charge in [-0.25, -0.2) is 4.99 Å². The van der Waals surface area contributed by atoms with Crippen molar-refractivity contribution < 1.29 is 0 Å². The zero-order chi connectivity index (χ0) is 7.82. The highest BCUT2D eigenvalue weighted by atomic mass is 14.8. The molecule has 0 amide bonds. The Bertz CT molecular complexity index is 118. The zero-order valence-corrected chi connectivity index (χ0v) is 6.65. The molecule has 2 N–H and O–H groups in total. The molecule has 0 aliphatic heterocycles. The fourth-order valence-electron chi connectivity index (χ4n) is 0.572. The van der Waals surface area contributed by atoms with Crippen LogP contribution in [-0.2, 0) is 0 Å². The summed E-state index contributed by atoms with van der Waals surface area (Å²) in [6, 6.07) is 0. The van der Waals surface area contributed by atoms with Crippen molar-refractivity contribution >= 4 is 12.1 Å². The second kappa shape index (κ2) is 6.42. The van der Waals surface area contributed by atoms with Crippen LogP contribution >= 0.6 is 0 Å². The van der Waals surface area contributed by atoms with Crippen LogP contribution in [-0.4, -0.2) is 25.6 Å². The minimum absolute atomic E-state index is 0.379. The molecule has 0 heterocycles. The van der Waals surface area contributed by atoms with Gasteiger partial charge in [0.15, 0.2) is 0 Å². The van der Waals surface area contributed by atoms with Crippen LogP contribution in [0.3, 0.4) is 0 Å². The van der Waals surface area contributed by atoms with Gasteiger partial charge in [-0.05, 0) is 33.4 Å². The maximum absolute atomic E-state index is 6.96. The summed E-state index contributed by atoms with van der Waals surface area (Å²) >= 11 is 0. The first-order valence-electron chi connectivity index (χ1n) is 3.49. The largest absolute Gasteiger partial charge is 0.320 e. The van der Waals surface area contributed by atoms with E-state index in [0.29, 0.717) is 5.84 Å². The number of aliphatic imine (C=N–C) groups is 1. The summed E-state index contributed by atoms with van der Waals surface area (Å²) in [6.07, 6.45) is 3.84. The third-order valence-electron chi connectivity index (χ3n) is 1.04. The molecule has 0 aromatic rings. The Labute approximate surface area is 62.1 Å². The minimum Gasteiger partial charge on any atom is -0.320 e. The second-order valence-corrected chi connectivity index (χ2v) is 2.14. The smallest absolute Gasteiger partial charge is 0.116 e. The zero-order valence-electron chi connectivity index (χ0n) is 6.65. The van der Waals surface area contributed by atoms with Gasteiger partial charge in [-0.1, -0.05) is 0 Å². The molecule has 0 rings (SSSR count). The maximum atomic E-state index is 6.96. The van der Waals surface area contributed by atoms with Crippen molar-refractivity contribution in [3.8, 4) is 0 Å². The molecule has 3 heteroatoms. The number of amidine groups is 1. The molecule has 0 saturated heterocycles. The van der Waals surface area contributed by atoms with Gasteiger partial charge >= 0.3 is 0 Å². The van der Waals surface area contributed by atoms with Crippen molar-refractivity contribution in [2.75, 3.05) is 13.6 Å². The summed E-state index contributed by atoms with van der Waals surface area (Å²) in [5.74, 6) is 0.379. The molecule has 0 fully saturated rings. The van der Waals surface area contributed by atoms with Crippen LogP contribution in [0, 0.1) is 5.41 Å². The predicted octanol–water partition coefficient (Wildman–Crippen LogP) is 1.05. The van der Waals surface area contributed by atoms with Gasteiger partial charge in [-0.15, -0.1) is 0 Å². The van der Waals surface area contributed by atoms with E-state index in [1.807, 2.05) is 7.05 Å². The first-order valence-corrected chi connectivity index (χ1v) is 3.49. The lowest BCUT2D eigenvalue weighted by molar-refractivity contribution is 0.750. The normalized spacial score (nSPS) is 10.6. The summed E-state index contributed by atoms with van der Waals surface area (Å²) < 4.78 is 0. The quantitative estimate of drug-likeness (QED) is 0.343. The Morgan fingerprint density at radius 3 is 2.90 bits per heavy atom. The average Bonchev–Trinajstić information content (AvgIpc) is 1.87. The summed E-state index contributed by atoms with van der Waals surface area (Å²) in [7, 11) is 1.93. The highest BCUT2D eigenvalue weighted by Gasteiger charge is 1.81. The predicted molar refractivity (Wildman–Crippen MR) is 45.1 cm³/mol. The van der Waals surface area contributed by atoms with Crippen LogP contribution in [0.4, 0.5) is 0 Å². The van der Waals surface area contributed by atoms with Crippen molar-refractivity contribution in [1.29, 1.82) is 5.41 Å². The van der Waals surface area contributed by atoms with Crippen molar-refractivity contribution in [1.82, 2.24) is 5.32 Å². The molecular weight excluding hydrogens is 126 g/mol. The van der Waals surface area contributed by atoms with Gasteiger partial charge < -0.3 is 5.32 Å². The van der Waals surface area contributed by atoms with Crippen LogP contribution in [0.15, 0.2) is 4.99 Å². The van der Waals surface area contributed by atoms with Gasteiger partial charge in [-0.3, -0.25) is 5.41 Å². The van der Waals surface area contributed by atoms with Gasteiger partial charge in [0.2, 0.25) is 0 Å². The lowest BCUT2D eigenvalue weighted by Gasteiger charge is -1.92. The summed E-state index contributed by atoms with van der Waals surface area (Å²) in [4.78, 5) is 3.83. The fourth-order valence-corrected chi connectivity index (χ4v) is 0.572. The van der Waals surface area contributed by atoms with Crippen molar-refractivity contribution in [2.24, 2.45) is 4.99 Å². The molecule has 58 valence electrons. The van der Waals surface area contributed by atoms with Gasteiger partial charge in [0.1, 0.15) is 5.84 Å². The van der Waals surface area contributed by atoms with Crippen molar-refractivity contribution in [3.05, 3.63) is 0 Å². The number of hydrogen-bond acceptors (Lipinski definition) is 2. The Balaban J connectivity index is 3.10. The standard InChI is InChI=1S/C7H15N3/c1-7(8)10-6-4-3-5-9-2/h6,8-9H,3-5H2,1-2H3. The van der Waals surface area contributed by atoms with E-state index < -0.39 is 0 Å². The molecular formula is C7H15N3. The first kappa shape index (κ1) is 9.30. The Morgan fingerprint density at radius 2 is 2.40 bits per heavy atom. The van der Waals surface area contributed by atoms with E-state index in [9.17, 15) is 0 Å². The molecule has 0 spiro atoms. The van der Waals surface area contributed by atoms with E-state index in [4.69, 9.17) is 5.41 Å². The van der Waals surface area contributed by atoms with E-state index in [2.05, 4.69) is 10.3 Å². The summed E-state index contributed by atoms with van der Waals surface area (Å²) in [5, 5.41) is 10.0. The fraction of sp³-hybridized carbons (Fsp3) is 0.714. The van der Waals surface area contributed by atoms with Crippen LogP contribution in [0.25, 0.3) is 0 Å². The van der Waals surface area contributed by atoms with E-state index >= 15 is 0 Å². The Kier molecular flexibility index (Phi) is 5.97. The van der Waals surface area contributed by atoms with Gasteiger partial charge in [0, 0.05) is 6.21 Å². The van der Waals surface area contributed by atoms with Gasteiger partial charge in [-0.2, -0.15) is 0 Å². The van der Waals surface area contributed by atoms with Gasteiger partial charge in [0.25, 0.3) is 0 Å². The van der Waals surface area contributed by atoms with Crippen LogP contribution in [0.5, 0.6) is 0 Å². The molecule has 0 aromatic heterocycles. The molecule has 10 heavy (non-hydrogen) atoms. The number of unbranched alkanes of at least 4 members (excludes halogenated alkanes) is 1. The van der Waals surface area contributed by atoms with Gasteiger partial charge in [0.05, 0.1) is 0 Å². The molecule has 0 unspecified atom stereocenters. The van der Waals surface area contributed by atoms with Crippen molar-refractivity contribution in [2.45, 2.75) is 19.8 Å². The van der Waals surface area contributed by atoms with Crippen LogP contribution in [0.2, 0.25) is 0 Å². The lowest BCUT2D eigenvalue weighted by Crippen LogP contribution is -2.07. The molecule has 0 aliphatic carbocycles. The second-order valence-electron chi connectivity index (χ2n) is 2.14. The third kappa shape index (κ3) is 7.30.